The molecule has 0 saturated carbocycles. The highest BCUT2D eigenvalue weighted by Gasteiger charge is 2.25. The molecule has 2 heterocycles. The number of carbonyl (C=O) groups excluding carboxylic acids is 1. The van der Waals surface area contributed by atoms with Crippen LogP contribution in [0.5, 0.6) is 5.75 Å². The first-order chi connectivity index (χ1) is 14.2. The van der Waals surface area contributed by atoms with Gasteiger partial charge in [-0.1, -0.05) is 48.0 Å². The van der Waals surface area contributed by atoms with E-state index in [0.29, 0.717) is 29.7 Å². The molecule has 1 saturated heterocycles. The van der Waals surface area contributed by atoms with Crippen LogP contribution in [0.25, 0.3) is 0 Å². The van der Waals surface area contributed by atoms with Crippen LogP contribution in [0.4, 0.5) is 0 Å². The highest BCUT2D eigenvalue weighted by Crippen LogP contribution is 2.21. The van der Waals surface area contributed by atoms with Gasteiger partial charge in [-0.3, -0.25) is 9.48 Å². The van der Waals surface area contributed by atoms with Gasteiger partial charge in [0.05, 0.1) is 24.9 Å². The predicted octanol–water partition coefficient (Wildman–Crippen LogP) is 4.52. The summed E-state index contributed by atoms with van der Waals surface area (Å²) in [5, 5.41) is 5.04. The standard InChI is InChI=1S/C23H24ClN3O2/c24-22-9-5-4-6-19(22)15-27-16-20(14-25-27)23(28)26-12-10-18(11-13-26)17-29-21-7-2-1-3-8-21/h1-9,14,16,18H,10-13,15,17H2. The lowest BCUT2D eigenvalue weighted by Crippen LogP contribution is -2.39. The number of hydrogen-bond donors (Lipinski definition) is 0. The minimum Gasteiger partial charge on any atom is -0.493 e. The lowest BCUT2D eigenvalue weighted by atomic mass is 9.97. The third-order valence-electron chi connectivity index (χ3n) is 5.30. The molecule has 4 rings (SSSR count). The van der Waals surface area contributed by atoms with E-state index >= 15 is 0 Å². The fraction of sp³-hybridized carbons (Fsp3) is 0.304. The van der Waals surface area contributed by atoms with Crippen LogP contribution in [0.15, 0.2) is 67.0 Å². The topological polar surface area (TPSA) is 47.4 Å². The number of rotatable bonds is 6. The smallest absolute Gasteiger partial charge is 0.257 e. The van der Waals surface area contributed by atoms with Crippen molar-refractivity contribution in [3.8, 4) is 5.75 Å². The number of amides is 1. The van der Waals surface area contributed by atoms with E-state index in [4.69, 9.17) is 16.3 Å². The van der Waals surface area contributed by atoms with Crippen LogP contribution in [0, 0.1) is 5.92 Å². The SMILES string of the molecule is O=C(c1cnn(Cc2ccccc2Cl)c1)N1CCC(COc2ccccc2)CC1. The molecule has 0 bridgehead atoms. The molecule has 0 unspecified atom stereocenters. The molecule has 5 nitrogen and oxygen atoms in total. The average molecular weight is 410 g/mol. The number of likely N-dealkylation sites (tertiary alicyclic amines) is 1. The molecule has 3 aromatic rings. The average Bonchev–Trinajstić information content (AvgIpc) is 3.23. The quantitative estimate of drug-likeness (QED) is 0.601. The Bertz CT molecular complexity index is 950. The Labute approximate surface area is 175 Å². The van der Waals surface area contributed by atoms with E-state index in [0.717, 1.165) is 37.2 Å². The fourth-order valence-electron chi connectivity index (χ4n) is 3.58. The molecule has 0 spiro atoms. The second-order valence-electron chi connectivity index (χ2n) is 7.38. The maximum absolute atomic E-state index is 12.8. The van der Waals surface area contributed by atoms with Crippen molar-refractivity contribution in [1.82, 2.24) is 14.7 Å². The first kappa shape index (κ1) is 19.5. The normalized spacial score (nSPS) is 14.7. The van der Waals surface area contributed by atoms with E-state index in [1.807, 2.05) is 59.5 Å². The Morgan fingerprint density at radius 2 is 1.79 bits per heavy atom. The van der Waals surface area contributed by atoms with Crippen LogP contribution in [0.2, 0.25) is 5.02 Å². The first-order valence-corrected chi connectivity index (χ1v) is 10.3. The Kier molecular flexibility index (Phi) is 6.15. The van der Waals surface area contributed by atoms with Gasteiger partial charge in [-0.2, -0.15) is 5.10 Å². The van der Waals surface area contributed by atoms with Gasteiger partial charge in [-0.05, 0) is 42.5 Å². The lowest BCUT2D eigenvalue weighted by Gasteiger charge is -2.31. The summed E-state index contributed by atoms with van der Waals surface area (Å²) in [5.41, 5.74) is 1.60. The van der Waals surface area contributed by atoms with E-state index in [2.05, 4.69) is 5.10 Å². The van der Waals surface area contributed by atoms with E-state index in [1.54, 1.807) is 17.1 Å². The van der Waals surface area contributed by atoms with E-state index in [1.165, 1.54) is 0 Å². The van der Waals surface area contributed by atoms with Gasteiger partial charge in [0.1, 0.15) is 5.75 Å². The number of carbonyl (C=O) groups is 1. The van der Waals surface area contributed by atoms with Gasteiger partial charge in [0, 0.05) is 24.3 Å². The van der Waals surface area contributed by atoms with Crippen LogP contribution in [0.1, 0.15) is 28.8 Å². The van der Waals surface area contributed by atoms with E-state index in [-0.39, 0.29) is 5.91 Å². The third-order valence-corrected chi connectivity index (χ3v) is 5.67. The number of halogens is 1. The molecule has 150 valence electrons. The largest absolute Gasteiger partial charge is 0.493 e. The molecule has 1 aliphatic heterocycles. The summed E-state index contributed by atoms with van der Waals surface area (Å²) in [7, 11) is 0. The predicted molar refractivity (Wildman–Crippen MR) is 113 cm³/mol. The molecule has 6 heteroatoms. The van der Waals surface area contributed by atoms with Crippen molar-refractivity contribution in [2.45, 2.75) is 19.4 Å². The number of aromatic nitrogens is 2. The van der Waals surface area contributed by atoms with Crippen LogP contribution in [-0.2, 0) is 6.54 Å². The minimum atomic E-state index is 0.0397. The molecule has 1 amide bonds. The Morgan fingerprint density at radius 1 is 1.07 bits per heavy atom. The highest BCUT2D eigenvalue weighted by molar-refractivity contribution is 6.31. The first-order valence-electron chi connectivity index (χ1n) is 9.92. The Morgan fingerprint density at radius 3 is 2.55 bits per heavy atom. The lowest BCUT2D eigenvalue weighted by molar-refractivity contribution is 0.0661. The molecule has 0 aliphatic carbocycles. The summed E-state index contributed by atoms with van der Waals surface area (Å²) in [6.45, 7) is 2.74. The zero-order valence-electron chi connectivity index (χ0n) is 16.2. The van der Waals surface area contributed by atoms with Gasteiger partial charge in [0.25, 0.3) is 5.91 Å². The number of benzene rings is 2. The van der Waals surface area contributed by atoms with Crippen molar-refractivity contribution in [3.63, 3.8) is 0 Å². The zero-order valence-corrected chi connectivity index (χ0v) is 17.0. The molecule has 0 atom stereocenters. The van der Waals surface area contributed by atoms with Crippen molar-refractivity contribution in [2.24, 2.45) is 5.92 Å². The monoisotopic (exact) mass is 409 g/mol. The molecule has 1 aliphatic rings. The van der Waals surface area contributed by atoms with Gasteiger partial charge in [-0.25, -0.2) is 0 Å². The molecule has 0 radical (unpaired) electrons. The van der Waals surface area contributed by atoms with E-state index in [9.17, 15) is 4.79 Å². The molecule has 1 fully saturated rings. The number of ether oxygens (including phenoxy) is 1. The number of para-hydroxylation sites is 1. The minimum absolute atomic E-state index is 0.0397. The van der Waals surface area contributed by atoms with Crippen molar-refractivity contribution >= 4 is 17.5 Å². The third kappa shape index (κ3) is 4.98. The molecule has 2 aromatic carbocycles. The zero-order chi connectivity index (χ0) is 20.1. The Balaban J connectivity index is 1.28. The summed E-state index contributed by atoms with van der Waals surface area (Å²) in [4.78, 5) is 14.7. The summed E-state index contributed by atoms with van der Waals surface area (Å²) in [6.07, 6.45) is 5.35. The van der Waals surface area contributed by atoms with Crippen molar-refractivity contribution < 1.29 is 9.53 Å². The maximum atomic E-state index is 12.8. The van der Waals surface area contributed by atoms with Crippen LogP contribution >= 0.6 is 11.6 Å². The van der Waals surface area contributed by atoms with Gasteiger partial charge in [-0.15, -0.1) is 0 Å². The van der Waals surface area contributed by atoms with E-state index < -0.39 is 0 Å². The molecular weight excluding hydrogens is 386 g/mol. The number of nitrogens with zero attached hydrogens (tertiary/aromatic N) is 3. The van der Waals surface area contributed by atoms with Gasteiger partial charge < -0.3 is 9.64 Å². The summed E-state index contributed by atoms with van der Waals surface area (Å²) in [6, 6.07) is 17.5. The second-order valence-corrected chi connectivity index (χ2v) is 7.78. The van der Waals surface area contributed by atoms with Crippen LogP contribution in [-0.4, -0.2) is 40.3 Å². The second kappa shape index (κ2) is 9.14. The molecule has 0 N–H and O–H groups in total. The maximum Gasteiger partial charge on any atom is 0.257 e. The van der Waals surface area contributed by atoms with Gasteiger partial charge in [0.15, 0.2) is 0 Å². The van der Waals surface area contributed by atoms with Crippen LogP contribution in [0.3, 0.4) is 0 Å². The number of hydrogen-bond acceptors (Lipinski definition) is 3. The van der Waals surface area contributed by atoms with Crippen molar-refractivity contribution in [3.05, 3.63) is 83.1 Å². The molecule has 1 aromatic heterocycles. The molecular formula is C23H24ClN3O2. The molecule has 29 heavy (non-hydrogen) atoms. The van der Waals surface area contributed by atoms with Crippen LogP contribution < -0.4 is 4.74 Å². The highest BCUT2D eigenvalue weighted by atomic mass is 35.5. The number of piperidine rings is 1. The summed E-state index contributed by atoms with van der Waals surface area (Å²) in [5.74, 6) is 1.41. The van der Waals surface area contributed by atoms with Crippen molar-refractivity contribution in [2.75, 3.05) is 19.7 Å². The van der Waals surface area contributed by atoms with Crippen molar-refractivity contribution in [1.29, 1.82) is 0 Å². The summed E-state index contributed by atoms with van der Waals surface area (Å²) >= 11 is 6.22. The fourth-order valence-corrected chi connectivity index (χ4v) is 3.77. The van der Waals surface area contributed by atoms with Gasteiger partial charge in [0.2, 0.25) is 0 Å². The van der Waals surface area contributed by atoms with Gasteiger partial charge >= 0.3 is 0 Å². The summed E-state index contributed by atoms with van der Waals surface area (Å²) < 4.78 is 7.63. The Hall–Kier alpha value is -2.79.